The third-order valence-electron chi connectivity index (χ3n) is 3.57. The van der Waals surface area contributed by atoms with Crippen molar-refractivity contribution in [3.63, 3.8) is 0 Å². The molecule has 1 atom stereocenters. The molecule has 6 heteroatoms. The van der Waals surface area contributed by atoms with Gasteiger partial charge >= 0.3 is 5.97 Å². The molecule has 1 saturated carbocycles. The first kappa shape index (κ1) is 14.5. The van der Waals surface area contributed by atoms with Crippen molar-refractivity contribution >= 4 is 11.9 Å². The Bertz CT molecular complexity index is 510. The summed E-state index contributed by atoms with van der Waals surface area (Å²) in [4.78, 5) is 22.6. The van der Waals surface area contributed by atoms with Gasteiger partial charge in [0.1, 0.15) is 5.82 Å². The van der Waals surface area contributed by atoms with E-state index in [9.17, 15) is 14.0 Å². The highest BCUT2D eigenvalue weighted by Crippen LogP contribution is 2.48. The van der Waals surface area contributed by atoms with Crippen LogP contribution in [0.4, 0.5) is 4.39 Å². The van der Waals surface area contributed by atoms with Gasteiger partial charge in [-0.3, -0.25) is 4.79 Å². The summed E-state index contributed by atoms with van der Waals surface area (Å²) in [6, 6.07) is 5.82. The van der Waals surface area contributed by atoms with E-state index >= 15 is 0 Å². The average molecular weight is 281 g/mol. The van der Waals surface area contributed by atoms with Gasteiger partial charge in [-0.15, -0.1) is 0 Å². The maximum Gasteiger partial charge on any atom is 0.332 e. The largest absolute Gasteiger partial charge is 0.479 e. The lowest BCUT2D eigenvalue weighted by Crippen LogP contribution is -2.37. The lowest BCUT2D eigenvalue weighted by molar-refractivity contribution is -0.147. The molecule has 0 heterocycles. The lowest BCUT2D eigenvalue weighted by atomic mass is 9.95. The molecule has 1 unspecified atom stereocenters. The highest BCUT2D eigenvalue weighted by Gasteiger charge is 2.51. The van der Waals surface area contributed by atoms with Gasteiger partial charge in [0.15, 0.2) is 6.10 Å². The second-order valence-corrected chi connectivity index (χ2v) is 4.99. The Balaban J connectivity index is 1.92. The van der Waals surface area contributed by atoms with Crippen molar-refractivity contribution in [2.45, 2.75) is 30.8 Å². The molecule has 0 saturated heterocycles. The van der Waals surface area contributed by atoms with Gasteiger partial charge in [-0.05, 0) is 30.5 Å². The number of aliphatic carboxylic acids is 1. The fraction of sp³-hybridized carbons (Fsp3) is 0.429. The second kappa shape index (κ2) is 5.58. The molecule has 0 bridgehead atoms. The number of rotatable bonds is 6. The molecule has 1 aliphatic rings. The number of carbonyl (C=O) groups is 2. The minimum atomic E-state index is -1.48. The van der Waals surface area contributed by atoms with Crippen LogP contribution >= 0.6 is 0 Å². The van der Waals surface area contributed by atoms with E-state index in [-0.39, 0.29) is 24.7 Å². The SMILES string of the molecule is O=C(O)C(O)CCNC(=O)C1(c2ccc(F)cc2)CC1. The second-order valence-electron chi connectivity index (χ2n) is 4.99. The zero-order valence-electron chi connectivity index (χ0n) is 10.8. The molecule has 108 valence electrons. The first-order valence-corrected chi connectivity index (χ1v) is 6.41. The van der Waals surface area contributed by atoms with E-state index in [0.717, 1.165) is 5.56 Å². The molecular weight excluding hydrogens is 265 g/mol. The van der Waals surface area contributed by atoms with E-state index in [2.05, 4.69) is 5.32 Å². The van der Waals surface area contributed by atoms with Crippen LogP contribution in [0.25, 0.3) is 0 Å². The number of carboxylic acids is 1. The van der Waals surface area contributed by atoms with Crippen molar-refractivity contribution in [2.75, 3.05) is 6.54 Å². The lowest BCUT2D eigenvalue weighted by Gasteiger charge is -2.16. The van der Waals surface area contributed by atoms with Gasteiger partial charge in [0.2, 0.25) is 5.91 Å². The van der Waals surface area contributed by atoms with Crippen LogP contribution in [-0.2, 0) is 15.0 Å². The van der Waals surface area contributed by atoms with E-state index < -0.39 is 17.5 Å². The van der Waals surface area contributed by atoms with E-state index in [1.807, 2.05) is 0 Å². The molecule has 0 radical (unpaired) electrons. The Morgan fingerprint density at radius 1 is 1.30 bits per heavy atom. The van der Waals surface area contributed by atoms with Crippen molar-refractivity contribution in [1.82, 2.24) is 5.32 Å². The van der Waals surface area contributed by atoms with Gasteiger partial charge in [0, 0.05) is 13.0 Å². The fourth-order valence-electron chi connectivity index (χ4n) is 2.16. The molecule has 1 aromatic carbocycles. The maximum absolute atomic E-state index is 12.9. The summed E-state index contributed by atoms with van der Waals surface area (Å²) in [5, 5.41) is 20.3. The number of nitrogens with one attached hydrogen (secondary N) is 1. The van der Waals surface area contributed by atoms with Crippen molar-refractivity contribution in [1.29, 1.82) is 0 Å². The third kappa shape index (κ3) is 2.96. The highest BCUT2D eigenvalue weighted by molar-refractivity contribution is 5.91. The minimum absolute atomic E-state index is 0.0411. The molecule has 5 nitrogen and oxygen atoms in total. The number of aliphatic hydroxyl groups excluding tert-OH is 1. The van der Waals surface area contributed by atoms with Gasteiger partial charge in [0.05, 0.1) is 5.41 Å². The molecule has 0 aliphatic heterocycles. The van der Waals surface area contributed by atoms with Gasteiger partial charge in [-0.2, -0.15) is 0 Å². The number of hydrogen-bond acceptors (Lipinski definition) is 3. The van der Waals surface area contributed by atoms with Crippen LogP contribution in [-0.4, -0.2) is 34.7 Å². The van der Waals surface area contributed by atoms with Crippen molar-refractivity contribution in [2.24, 2.45) is 0 Å². The van der Waals surface area contributed by atoms with Gasteiger partial charge in [-0.25, -0.2) is 9.18 Å². The zero-order chi connectivity index (χ0) is 14.8. The van der Waals surface area contributed by atoms with Crippen molar-refractivity contribution < 1.29 is 24.2 Å². The Hall–Kier alpha value is -1.95. The van der Waals surface area contributed by atoms with Gasteiger partial charge < -0.3 is 15.5 Å². The topological polar surface area (TPSA) is 86.6 Å². The molecule has 3 N–H and O–H groups in total. The van der Waals surface area contributed by atoms with Crippen LogP contribution in [0.5, 0.6) is 0 Å². The smallest absolute Gasteiger partial charge is 0.332 e. The third-order valence-corrected chi connectivity index (χ3v) is 3.57. The molecule has 20 heavy (non-hydrogen) atoms. The number of carboxylic acid groups (broad SMARTS) is 1. The van der Waals surface area contributed by atoms with Crippen molar-refractivity contribution in [3.8, 4) is 0 Å². The fourth-order valence-corrected chi connectivity index (χ4v) is 2.16. The predicted molar refractivity (Wildman–Crippen MR) is 68.6 cm³/mol. The number of carbonyl (C=O) groups excluding carboxylic acids is 1. The predicted octanol–water partition coefficient (Wildman–Crippen LogP) is 0.809. The van der Waals surface area contributed by atoms with Crippen LogP contribution in [0.1, 0.15) is 24.8 Å². The highest BCUT2D eigenvalue weighted by atomic mass is 19.1. The average Bonchev–Trinajstić information content (AvgIpc) is 3.20. The Morgan fingerprint density at radius 3 is 2.40 bits per heavy atom. The Labute approximate surface area is 115 Å². The van der Waals surface area contributed by atoms with Crippen LogP contribution in [0.15, 0.2) is 24.3 Å². The summed E-state index contributed by atoms with van der Waals surface area (Å²) >= 11 is 0. The first-order valence-electron chi connectivity index (χ1n) is 6.41. The molecule has 1 amide bonds. The molecule has 0 spiro atoms. The molecule has 1 aromatic rings. The first-order chi connectivity index (χ1) is 9.45. The monoisotopic (exact) mass is 281 g/mol. The van der Waals surface area contributed by atoms with Gasteiger partial charge in [-0.1, -0.05) is 12.1 Å². The summed E-state index contributed by atoms with van der Waals surface area (Å²) in [5.74, 6) is -1.87. The van der Waals surface area contributed by atoms with Crippen LogP contribution in [0, 0.1) is 5.82 Å². The molecule has 2 rings (SSSR count). The molecule has 1 fully saturated rings. The Kier molecular flexibility index (Phi) is 4.04. The standard InChI is InChI=1S/C14H16FNO4/c15-10-3-1-9(2-4-10)14(6-7-14)13(20)16-8-5-11(17)12(18)19/h1-4,11,17H,5-8H2,(H,16,20)(H,18,19). The summed E-state index contributed by atoms with van der Waals surface area (Å²) < 4.78 is 12.9. The number of amides is 1. The number of benzene rings is 1. The van der Waals surface area contributed by atoms with E-state index in [1.54, 1.807) is 12.1 Å². The molecular formula is C14H16FNO4. The van der Waals surface area contributed by atoms with Crippen LogP contribution in [0.2, 0.25) is 0 Å². The van der Waals surface area contributed by atoms with E-state index in [0.29, 0.717) is 12.8 Å². The maximum atomic E-state index is 12.9. The minimum Gasteiger partial charge on any atom is -0.479 e. The number of halogens is 1. The quantitative estimate of drug-likeness (QED) is 0.720. The van der Waals surface area contributed by atoms with Crippen molar-refractivity contribution in [3.05, 3.63) is 35.6 Å². The number of aliphatic hydroxyl groups is 1. The normalized spacial score (nSPS) is 17.3. The van der Waals surface area contributed by atoms with Crippen LogP contribution in [0.3, 0.4) is 0 Å². The van der Waals surface area contributed by atoms with Gasteiger partial charge in [0.25, 0.3) is 0 Å². The van der Waals surface area contributed by atoms with Crippen LogP contribution < -0.4 is 5.32 Å². The summed E-state index contributed by atoms with van der Waals surface area (Å²) in [6.07, 6.45) is -0.144. The number of hydrogen-bond donors (Lipinski definition) is 3. The molecule has 0 aromatic heterocycles. The van der Waals surface area contributed by atoms with E-state index in [1.165, 1.54) is 12.1 Å². The zero-order valence-corrected chi connectivity index (χ0v) is 10.8. The Morgan fingerprint density at radius 2 is 1.90 bits per heavy atom. The summed E-state index contributed by atoms with van der Waals surface area (Å²) in [6.45, 7) is 0.0925. The molecule has 1 aliphatic carbocycles. The van der Waals surface area contributed by atoms with E-state index in [4.69, 9.17) is 10.2 Å². The summed E-state index contributed by atoms with van der Waals surface area (Å²) in [7, 11) is 0. The summed E-state index contributed by atoms with van der Waals surface area (Å²) in [5.41, 5.74) is 0.136.